The van der Waals surface area contributed by atoms with Crippen LogP contribution in [0.3, 0.4) is 0 Å². The van der Waals surface area contributed by atoms with Crippen LogP contribution in [0.1, 0.15) is 18.4 Å². The predicted octanol–water partition coefficient (Wildman–Crippen LogP) is -0.169. The van der Waals surface area contributed by atoms with Crippen molar-refractivity contribution >= 4 is 22.7 Å². The Balaban J connectivity index is 2.08. The number of carboxylic acid groups (broad SMARTS) is 1. The number of hydrogen-bond donors (Lipinski definition) is 4. The average molecular weight is 320 g/mol. The molecule has 10 nitrogen and oxygen atoms in total. The molecule has 1 aromatic heterocycles. The highest BCUT2D eigenvalue weighted by atomic mass is 16.6. The van der Waals surface area contributed by atoms with E-state index in [2.05, 4.69) is 15.3 Å². The minimum atomic E-state index is -1.03. The average Bonchev–Trinajstić information content (AvgIpc) is 3.27. The van der Waals surface area contributed by atoms with Gasteiger partial charge in [0.2, 0.25) is 0 Å². The Kier molecular flexibility index (Phi) is 3.25. The fourth-order valence-corrected chi connectivity index (χ4v) is 2.38. The second kappa shape index (κ2) is 5.02. The van der Waals surface area contributed by atoms with Crippen molar-refractivity contribution in [3.05, 3.63) is 48.5 Å². The first kappa shape index (κ1) is 14.9. The monoisotopic (exact) mass is 320 g/mol. The molecule has 0 amide bonds. The van der Waals surface area contributed by atoms with Gasteiger partial charge in [-0.1, -0.05) is 0 Å². The third kappa shape index (κ3) is 2.59. The quantitative estimate of drug-likeness (QED) is 0.338. The molecule has 1 aromatic carbocycles. The number of nitrogens with one attached hydrogen (secondary N) is 3. The summed E-state index contributed by atoms with van der Waals surface area (Å²) in [5.41, 5.74) is -2.42. The summed E-state index contributed by atoms with van der Waals surface area (Å²) in [4.78, 5) is 49.0. The highest BCUT2D eigenvalue weighted by Gasteiger charge is 2.49. The van der Waals surface area contributed by atoms with E-state index in [-0.39, 0.29) is 23.3 Å². The summed E-state index contributed by atoms with van der Waals surface area (Å²) in [5.74, 6) is -0.992. The molecule has 0 radical (unpaired) electrons. The third-order valence-electron chi connectivity index (χ3n) is 3.89. The van der Waals surface area contributed by atoms with Gasteiger partial charge < -0.3 is 15.1 Å². The Morgan fingerprint density at radius 1 is 1.30 bits per heavy atom. The second-order valence-electron chi connectivity index (χ2n) is 5.43. The molecule has 0 aliphatic heterocycles. The molecule has 120 valence electrons. The standard InChI is InChI=1S/C13H12N4O6/c18-10-11(19)16-9-6(5-14-13(1-2-13)12(20)21)3-7(17(22)23)4-8(9)15-10/h3-4,14H,1-2,5H2,(H,15,18)(H,16,19)(H,20,21). The number of rotatable bonds is 5. The largest absolute Gasteiger partial charge is 0.480 e. The van der Waals surface area contributed by atoms with E-state index in [1.54, 1.807) is 0 Å². The SMILES string of the molecule is O=C(O)C1(NCc2cc([N+](=O)[O-])cc3[nH]c(=O)c(=O)[nH]c23)CC1. The molecule has 0 saturated heterocycles. The van der Waals surface area contributed by atoms with Gasteiger partial charge in [0, 0.05) is 18.7 Å². The van der Waals surface area contributed by atoms with Crippen molar-refractivity contribution in [1.82, 2.24) is 15.3 Å². The fraction of sp³-hybridized carbons (Fsp3) is 0.308. The number of nitro benzene ring substituents is 1. The highest BCUT2D eigenvalue weighted by Crippen LogP contribution is 2.36. The summed E-state index contributed by atoms with van der Waals surface area (Å²) in [6.45, 7) is 0.00641. The zero-order valence-electron chi connectivity index (χ0n) is 11.7. The molecular formula is C13H12N4O6. The van der Waals surface area contributed by atoms with Crippen LogP contribution < -0.4 is 16.4 Å². The summed E-state index contributed by atoms with van der Waals surface area (Å²) >= 11 is 0. The van der Waals surface area contributed by atoms with Gasteiger partial charge in [-0.15, -0.1) is 0 Å². The van der Waals surface area contributed by atoms with Crippen LogP contribution in [0.25, 0.3) is 11.0 Å². The minimum absolute atomic E-state index is 0.00641. The number of aromatic nitrogens is 2. The van der Waals surface area contributed by atoms with Gasteiger partial charge in [-0.05, 0) is 18.4 Å². The topological polar surface area (TPSA) is 158 Å². The predicted molar refractivity (Wildman–Crippen MR) is 78.3 cm³/mol. The van der Waals surface area contributed by atoms with E-state index in [0.29, 0.717) is 18.4 Å². The molecule has 1 aliphatic carbocycles. The number of non-ortho nitro benzene ring substituents is 1. The Labute approximate surface area is 127 Å². The van der Waals surface area contributed by atoms with Crippen molar-refractivity contribution in [3.63, 3.8) is 0 Å². The Bertz CT molecular complexity index is 940. The first-order valence-corrected chi connectivity index (χ1v) is 6.74. The number of benzene rings is 1. The van der Waals surface area contributed by atoms with E-state index in [1.165, 1.54) is 6.07 Å². The van der Waals surface area contributed by atoms with Gasteiger partial charge in [0.15, 0.2) is 0 Å². The van der Waals surface area contributed by atoms with Gasteiger partial charge in [-0.3, -0.25) is 29.8 Å². The Hall–Kier alpha value is -3.01. The van der Waals surface area contributed by atoms with Crippen molar-refractivity contribution in [2.45, 2.75) is 24.9 Å². The first-order chi connectivity index (χ1) is 10.8. The van der Waals surface area contributed by atoms with Crippen LogP contribution >= 0.6 is 0 Å². The number of aromatic amines is 2. The van der Waals surface area contributed by atoms with Gasteiger partial charge in [0.25, 0.3) is 5.69 Å². The van der Waals surface area contributed by atoms with E-state index >= 15 is 0 Å². The van der Waals surface area contributed by atoms with E-state index in [9.17, 15) is 24.5 Å². The smallest absolute Gasteiger partial charge is 0.323 e. The molecule has 23 heavy (non-hydrogen) atoms. The van der Waals surface area contributed by atoms with Gasteiger partial charge in [-0.2, -0.15) is 0 Å². The van der Waals surface area contributed by atoms with E-state index in [0.717, 1.165) is 6.07 Å². The number of H-pyrrole nitrogens is 2. The summed E-state index contributed by atoms with van der Waals surface area (Å²) in [5, 5.41) is 23.0. The minimum Gasteiger partial charge on any atom is -0.480 e. The molecule has 0 unspecified atom stereocenters. The zero-order valence-corrected chi connectivity index (χ0v) is 11.7. The maximum atomic E-state index is 11.5. The lowest BCUT2D eigenvalue weighted by Crippen LogP contribution is -2.38. The number of carboxylic acids is 1. The van der Waals surface area contributed by atoms with Crippen LogP contribution in [0.15, 0.2) is 21.7 Å². The van der Waals surface area contributed by atoms with Crippen LogP contribution in [0.4, 0.5) is 5.69 Å². The molecule has 1 saturated carbocycles. The Morgan fingerprint density at radius 2 is 1.96 bits per heavy atom. The van der Waals surface area contributed by atoms with Gasteiger partial charge in [-0.25, -0.2) is 0 Å². The molecule has 1 heterocycles. The molecule has 0 atom stereocenters. The van der Waals surface area contributed by atoms with Crippen LogP contribution in [0.2, 0.25) is 0 Å². The molecule has 3 rings (SSSR count). The van der Waals surface area contributed by atoms with Crippen LogP contribution in [0, 0.1) is 10.1 Å². The van der Waals surface area contributed by atoms with Crippen molar-refractivity contribution in [2.24, 2.45) is 0 Å². The van der Waals surface area contributed by atoms with Crippen LogP contribution in [0.5, 0.6) is 0 Å². The van der Waals surface area contributed by atoms with Gasteiger partial charge in [0.1, 0.15) is 5.54 Å². The summed E-state index contributed by atoms with van der Waals surface area (Å²) < 4.78 is 0. The molecule has 2 aromatic rings. The molecule has 1 aliphatic rings. The number of carbonyl (C=O) groups is 1. The third-order valence-corrected chi connectivity index (χ3v) is 3.89. The first-order valence-electron chi connectivity index (χ1n) is 6.74. The van der Waals surface area contributed by atoms with E-state index < -0.39 is 27.6 Å². The van der Waals surface area contributed by atoms with Gasteiger partial charge >= 0.3 is 17.1 Å². The molecular weight excluding hydrogens is 308 g/mol. The second-order valence-corrected chi connectivity index (χ2v) is 5.43. The maximum absolute atomic E-state index is 11.5. The molecule has 0 bridgehead atoms. The molecule has 10 heteroatoms. The fourth-order valence-electron chi connectivity index (χ4n) is 2.38. The summed E-state index contributed by atoms with van der Waals surface area (Å²) in [7, 11) is 0. The van der Waals surface area contributed by atoms with Crippen molar-refractivity contribution in [2.75, 3.05) is 0 Å². The molecule has 4 N–H and O–H groups in total. The number of nitrogens with zero attached hydrogens (tertiary/aromatic N) is 1. The van der Waals surface area contributed by atoms with Crippen molar-refractivity contribution < 1.29 is 14.8 Å². The van der Waals surface area contributed by atoms with Crippen LogP contribution in [-0.2, 0) is 11.3 Å². The maximum Gasteiger partial charge on any atom is 0.323 e. The van der Waals surface area contributed by atoms with Crippen molar-refractivity contribution in [3.8, 4) is 0 Å². The Morgan fingerprint density at radius 3 is 2.52 bits per heavy atom. The van der Waals surface area contributed by atoms with Crippen LogP contribution in [-0.4, -0.2) is 31.5 Å². The normalized spacial score (nSPS) is 15.5. The number of fused-ring (bicyclic) bond motifs is 1. The lowest BCUT2D eigenvalue weighted by molar-refractivity contribution is -0.384. The van der Waals surface area contributed by atoms with Gasteiger partial charge in [0.05, 0.1) is 16.0 Å². The lowest BCUT2D eigenvalue weighted by atomic mass is 10.1. The highest BCUT2D eigenvalue weighted by molar-refractivity contribution is 5.83. The lowest BCUT2D eigenvalue weighted by Gasteiger charge is -2.13. The summed E-state index contributed by atoms with van der Waals surface area (Å²) in [6.07, 6.45) is 0.922. The number of aliphatic carboxylic acids is 1. The summed E-state index contributed by atoms with van der Waals surface area (Å²) in [6, 6.07) is 2.38. The number of nitro groups is 1. The molecule has 0 spiro atoms. The van der Waals surface area contributed by atoms with E-state index in [4.69, 9.17) is 5.11 Å². The van der Waals surface area contributed by atoms with Crippen molar-refractivity contribution in [1.29, 1.82) is 0 Å². The van der Waals surface area contributed by atoms with E-state index in [1.807, 2.05) is 0 Å². The number of hydrogen-bond acceptors (Lipinski definition) is 6. The molecule has 1 fully saturated rings. The zero-order chi connectivity index (χ0) is 16.8.